The van der Waals surface area contributed by atoms with Crippen LogP contribution in [-0.4, -0.2) is 36.1 Å². The summed E-state index contributed by atoms with van der Waals surface area (Å²) in [5, 5.41) is 25.7. The van der Waals surface area contributed by atoms with E-state index in [9.17, 15) is 4.79 Å². The van der Waals surface area contributed by atoms with Crippen molar-refractivity contribution >= 4 is 42.5 Å². The van der Waals surface area contributed by atoms with Gasteiger partial charge in [-0.3, -0.25) is 0 Å². The molecule has 1 heterocycles. The lowest BCUT2D eigenvalue weighted by atomic mass is 9.80. The van der Waals surface area contributed by atoms with Crippen LogP contribution in [0, 0.1) is 0 Å². The van der Waals surface area contributed by atoms with Gasteiger partial charge >= 0.3 is 20.9 Å². The molecule has 1 rings (SSSR count). The Hall–Kier alpha value is -0.780. The van der Waals surface area contributed by atoms with Crippen LogP contribution in [0.2, 0.25) is 0 Å². The maximum Gasteiger partial charge on any atom is 0.345 e. The first-order chi connectivity index (χ1) is 5.69. The Morgan fingerprint density at radius 1 is 1.42 bits per heavy atom. The molecule has 0 saturated carbocycles. The smallest absolute Gasteiger partial charge is 0.345 e. The average Bonchev–Trinajstić information content (AvgIpc) is 2.46. The molecule has 1 aromatic rings. The normalized spacial score (nSPS) is 9.50. The van der Waals surface area contributed by atoms with E-state index in [1.165, 1.54) is 6.07 Å². The van der Waals surface area contributed by atoms with Gasteiger partial charge in [0.05, 0.1) is 0 Å². The van der Waals surface area contributed by atoms with E-state index in [4.69, 9.17) is 15.2 Å². The minimum atomic E-state index is -1.07. The summed E-state index contributed by atoms with van der Waals surface area (Å²) in [5.74, 6) is -1.07. The molecule has 0 aliphatic carbocycles. The summed E-state index contributed by atoms with van der Waals surface area (Å²) in [5.41, 5.74) is 0.305. The van der Waals surface area contributed by atoms with Gasteiger partial charge in [-0.1, -0.05) is 0 Å². The van der Waals surface area contributed by atoms with Crippen LogP contribution in [0.1, 0.15) is 9.67 Å². The van der Waals surface area contributed by atoms with Gasteiger partial charge in [0.2, 0.25) is 0 Å². The summed E-state index contributed by atoms with van der Waals surface area (Å²) in [6, 6.07) is 1.29. The second-order valence-corrected chi connectivity index (χ2v) is 3.08. The number of hydrogen-bond donors (Lipinski definition) is 3. The molecule has 0 unspecified atom stereocenters. The molecular formula is C5H4B2O4S. The molecule has 0 bridgehead atoms. The van der Waals surface area contributed by atoms with Crippen molar-refractivity contribution in [2.45, 2.75) is 0 Å². The van der Waals surface area contributed by atoms with Crippen molar-refractivity contribution < 1.29 is 19.9 Å². The van der Waals surface area contributed by atoms with Crippen LogP contribution >= 0.6 is 11.3 Å². The van der Waals surface area contributed by atoms with Crippen LogP contribution in [0.25, 0.3) is 0 Å². The Morgan fingerprint density at radius 3 is 2.42 bits per heavy atom. The lowest BCUT2D eigenvalue weighted by Crippen LogP contribution is -2.31. The quantitative estimate of drug-likeness (QED) is 0.468. The van der Waals surface area contributed by atoms with Gasteiger partial charge < -0.3 is 15.2 Å². The fourth-order valence-corrected chi connectivity index (χ4v) is 1.52. The lowest BCUT2D eigenvalue weighted by molar-refractivity contribution is 0.0702. The third kappa shape index (κ3) is 1.69. The van der Waals surface area contributed by atoms with Crippen molar-refractivity contribution in [1.29, 1.82) is 0 Å². The van der Waals surface area contributed by atoms with Crippen molar-refractivity contribution in [3.8, 4) is 0 Å². The van der Waals surface area contributed by atoms with E-state index in [0.29, 0.717) is 10.2 Å². The fraction of sp³-hybridized carbons (Fsp3) is 0. The van der Waals surface area contributed by atoms with E-state index < -0.39 is 5.97 Å². The Bertz CT molecular complexity index is 276. The molecule has 0 atom stereocenters. The van der Waals surface area contributed by atoms with Crippen LogP contribution in [0.15, 0.2) is 6.07 Å². The molecule has 2 radical (unpaired) electrons. The first-order valence-corrected chi connectivity index (χ1v) is 3.82. The van der Waals surface area contributed by atoms with Crippen molar-refractivity contribution in [3.63, 3.8) is 0 Å². The van der Waals surface area contributed by atoms with Crippen molar-refractivity contribution in [2.24, 2.45) is 0 Å². The largest absolute Gasteiger partial charge is 0.477 e. The van der Waals surface area contributed by atoms with Gasteiger partial charge in [0.1, 0.15) is 4.88 Å². The third-order valence-electron chi connectivity index (χ3n) is 1.26. The molecular weight excluding hydrogens is 178 g/mol. The molecule has 60 valence electrons. The Balaban J connectivity index is 3.05. The molecule has 0 saturated heterocycles. The Morgan fingerprint density at radius 2 is 2.08 bits per heavy atom. The Kier molecular flexibility index (Phi) is 2.91. The molecule has 0 aliphatic heterocycles. The molecule has 3 N–H and O–H groups in total. The number of carboxylic acids is 1. The van der Waals surface area contributed by atoms with Crippen LogP contribution in [0.3, 0.4) is 0 Å². The minimum absolute atomic E-state index is 0.0793. The zero-order chi connectivity index (χ0) is 9.14. The average molecular weight is 182 g/mol. The predicted molar refractivity (Wildman–Crippen MR) is 46.5 cm³/mol. The van der Waals surface area contributed by atoms with Gasteiger partial charge in [0.25, 0.3) is 0 Å². The monoisotopic (exact) mass is 182 g/mol. The number of carbonyl (C=O) groups is 1. The second kappa shape index (κ2) is 3.75. The first-order valence-electron chi connectivity index (χ1n) is 3.01. The molecule has 0 fully saturated rings. The van der Waals surface area contributed by atoms with Gasteiger partial charge in [0.15, 0.2) is 0 Å². The minimum Gasteiger partial charge on any atom is -0.477 e. The fourth-order valence-electron chi connectivity index (χ4n) is 0.726. The molecule has 4 nitrogen and oxygen atoms in total. The second-order valence-electron chi connectivity index (χ2n) is 1.99. The number of thiophene rings is 1. The van der Waals surface area contributed by atoms with Crippen LogP contribution in [-0.2, 0) is 0 Å². The number of hydrogen-bond acceptors (Lipinski definition) is 4. The van der Waals surface area contributed by atoms with Gasteiger partial charge in [-0.15, -0.1) is 11.3 Å². The van der Waals surface area contributed by atoms with Crippen molar-refractivity contribution in [2.75, 3.05) is 0 Å². The lowest BCUT2D eigenvalue weighted by Gasteiger charge is -1.88. The van der Waals surface area contributed by atoms with Gasteiger partial charge in [-0.25, -0.2) is 4.79 Å². The highest BCUT2D eigenvalue weighted by atomic mass is 32.1. The maximum atomic E-state index is 10.4. The number of aromatic carboxylic acids is 1. The van der Waals surface area contributed by atoms with Crippen LogP contribution < -0.4 is 10.2 Å². The van der Waals surface area contributed by atoms with Gasteiger partial charge in [-0.05, 0) is 16.3 Å². The summed E-state index contributed by atoms with van der Waals surface area (Å²) in [6.07, 6.45) is 0. The summed E-state index contributed by atoms with van der Waals surface area (Å²) >= 11 is 0.896. The molecule has 1 aromatic heterocycles. The van der Waals surface area contributed by atoms with E-state index >= 15 is 0 Å². The van der Waals surface area contributed by atoms with E-state index in [0.717, 1.165) is 26.3 Å². The van der Waals surface area contributed by atoms with E-state index in [1.54, 1.807) is 0 Å². The Labute approximate surface area is 74.0 Å². The van der Waals surface area contributed by atoms with E-state index in [1.807, 2.05) is 0 Å². The number of carboxylic acid groups (broad SMARTS) is 1. The van der Waals surface area contributed by atoms with Crippen LogP contribution in [0.4, 0.5) is 0 Å². The van der Waals surface area contributed by atoms with Gasteiger partial charge in [0, 0.05) is 0 Å². The zero-order valence-corrected chi connectivity index (χ0v) is 6.71. The highest BCUT2D eigenvalue weighted by Crippen LogP contribution is 2.03. The summed E-state index contributed by atoms with van der Waals surface area (Å²) in [4.78, 5) is 10.5. The molecule has 12 heavy (non-hydrogen) atoms. The molecule has 0 spiro atoms. The third-order valence-corrected chi connectivity index (χ3v) is 2.33. The molecule has 7 heteroatoms. The first kappa shape index (κ1) is 9.31. The van der Waals surface area contributed by atoms with E-state index in [-0.39, 0.29) is 4.88 Å². The van der Waals surface area contributed by atoms with Crippen LogP contribution in [0.5, 0.6) is 0 Å². The molecule has 0 aromatic carbocycles. The van der Waals surface area contributed by atoms with Crippen molar-refractivity contribution in [1.82, 2.24) is 0 Å². The zero-order valence-electron chi connectivity index (χ0n) is 5.89. The SMILES string of the molecule is O=C(O)c1cc([B]O)c([B]O)s1. The number of rotatable bonds is 3. The van der Waals surface area contributed by atoms with E-state index in [2.05, 4.69) is 0 Å². The highest BCUT2D eigenvalue weighted by molar-refractivity contribution is 7.24. The van der Waals surface area contributed by atoms with Crippen molar-refractivity contribution in [3.05, 3.63) is 10.9 Å². The summed E-state index contributed by atoms with van der Waals surface area (Å²) in [6.45, 7) is 0. The van der Waals surface area contributed by atoms with Gasteiger partial charge in [-0.2, -0.15) is 0 Å². The highest BCUT2D eigenvalue weighted by Gasteiger charge is 2.13. The predicted octanol–water partition coefficient (Wildman–Crippen LogP) is -2.08. The molecule has 0 aliphatic rings. The topological polar surface area (TPSA) is 77.8 Å². The molecule has 0 amide bonds. The maximum absolute atomic E-state index is 10.4. The summed E-state index contributed by atoms with van der Waals surface area (Å²) in [7, 11) is 1.52. The summed E-state index contributed by atoms with van der Waals surface area (Å²) < 4.78 is 0.329. The standard InChI is InChI=1S/C5H4B2O4S/c8-5(9)3-1-2(6-10)4(7-11)12-3/h1,10-11H,(H,8,9).